The van der Waals surface area contributed by atoms with Gasteiger partial charge in [-0.3, -0.25) is 4.79 Å². The van der Waals surface area contributed by atoms with Crippen molar-refractivity contribution in [3.05, 3.63) is 29.3 Å². The van der Waals surface area contributed by atoms with E-state index in [2.05, 4.69) is 23.1 Å². The zero-order valence-electron chi connectivity index (χ0n) is 13.9. The molecule has 5 nitrogen and oxygen atoms in total. The van der Waals surface area contributed by atoms with Gasteiger partial charge < -0.3 is 14.5 Å². The third-order valence-electron chi connectivity index (χ3n) is 5.03. The summed E-state index contributed by atoms with van der Waals surface area (Å²) in [6.07, 6.45) is 2.21. The maximum absolute atomic E-state index is 12.7. The first-order chi connectivity index (χ1) is 11.8. The lowest BCUT2D eigenvalue weighted by Crippen LogP contribution is -3.15. The van der Waals surface area contributed by atoms with Gasteiger partial charge in [-0.1, -0.05) is 12.1 Å². The van der Waals surface area contributed by atoms with E-state index in [1.54, 1.807) is 11.3 Å². The molecule has 0 bridgehead atoms. The fourth-order valence-corrected chi connectivity index (χ4v) is 4.73. The largest absolute Gasteiger partial charge is 0.370 e. The van der Waals surface area contributed by atoms with E-state index in [0.717, 1.165) is 57.8 Å². The van der Waals surface area contributed by atoms with E-state index in [4.69, 9.17) is 9.72 Å². The third-order valence-corrected chi connectivity index (χ3v) is 6.23. The Morgan fingerprint density at radius 2 is 2.17 bits per heavy atom. The average Bonchev–Trinajstić information content (AvgIpc) is 3.07. The Balaban J connectivity index is 1.42. The molecule has 2 aliphatic rings. The van der Waals surface area contributed by atoms with Crippen LogP contribution in [0, 0.1) is 0 Å². The first-order valence-corrected chi connectivity index (χ1v) is 9.66. The molecule has 0 aliphatic carbocycles. The zero-order chi connectivity index (χ0) is 16.4. The predicted octanol–water partition coefficient (Wildman–Crippen LogP) is 0.917. The van der Waals surface area contributed by atoms with Crippen molar-refractivity contribution in [3.63, 3.8) is 0 Å². The number of likely N-dealkylation sites (tertiary alicyclic amines) is 1. The van der Waals surface area contributed by atoms with Gasteiger partial charge in [0.25, 0.3) is 5.91 Å². The van der Waals surface area contributed by atoms with Crippen LogP contribution in [0.15, 0.2) is 24.3 Å². The Labute approximate surface area is 146 Å². The Bertz CT molecular complexity index is 678. The number of benzene rings is 1. The highest BCUT2D eigenvalue weighted by Crippen LogP contribution is 2.32. The number of ether oxygens (including phenoxy) is 1. The van der Waals surface area contributed by atoms with Crippen molar-refractivity contribution < 1.29 is 14.4 Å². The smallest absolute Gasteiger partial charge is 0.277 e. The number of carbonyl (C=O) groups excluding carboxylic acids is 1. The Morgan fingerprint density at radius 1 is 1.33 bits per heavy atom. The Kier molecular flexibility index (Phi) is 4.78. The molecule has 1 aromatic carbocycles. The fourth-order valence-electron chi connectivity index (χ4n) is 3.63. The highest BCUT2D eigenvalue weighted by Gasteiger charge is 2.29. The minimum Gasteiger partial charge on any atom is -0.370 e. The van der Waals surface area contributed by atoms with Crippen LogP contribution in [0.3, 0.4) is 0 Å². The molecule has 0 spiro atoms. The monoisotopic (exact) mass is 346 g/mol. The standard InChI is InChI=1S/C18H23N3O2S/c22-17(13-20-8-10-23-11-9-20)21-7-3-4-14(12-21)18-19-15-5-1-2-6-16(15)24-18/h1-2,5-6,14H,3-4,7-13H2/p+1/t14-/m1/s1. The molecule has 0 unspecified atom stereocenters. The number of hydrogen-bond acceptors (Lipinski definition) is 4. The number of thiazole rings is 1. The predicted molar refractivity (Wildman–Crippen MR) is 94.6 cm³/mol. The fraction of sp³-hybridized carbons (Fsp3) is 0.556. The molecule has 1 atom stereocenters. The van der Waals surface area contributed by atoms with Crippen molar-refractivity contribution >= 4 is 27.5 Å². The summed E-state index contributed by atoms with van der Waals surface area (Å²) in [6.45, 7) is 5.76. The number of aromatic nitrogens is 1. The second-order valence-electron chi connectivity index (χ2n) is 6.74. The molecule has 0 radical (unpaired) electrons. The molecule has 2 aromatic rings. The van der Waals surface area contributed by atoms with Crippen LogP contribution in [0.25, 0.3) is 10.2 Å². The summed E-state index contributed by atoms with van der Waals surface area (Å²) < 4.78 is 6.62. The van der Waals surface area contributed by atoms with Gasteiger partial charge >= 0.3 is 0 Å². The summed E-state index contributed by atoms with van der Waals surface area (Å²) in [6, 6.07) is 8.30. The molecular formula is C18H24N3O2S+. The number of para-hydroxylation sites is 1. The average molecular weight is 346 g/mol. The van der Waals surface area contributed by atoms with Gasteiger partial charge in [-0.25, -0.2) is 4.98 Å². The van der Waals surface area contributed by atoms with Gasteiger partial charge in [0, 0.05) is 19.0 Å². The molecule has 3 heterocycles. The number of morpholine rings is 1. The van der Waals surface area contributed by atoms with Crippen LogP contribution in [0.1, 0.15) is 23.8 Å². The van der Waals surface area contributed by atoms with E-state index in [0.29, 0.717) is 12.5 Å². The first-order valence-electron chi connectivity index (χ1n) is 8.84. The van der Waals surface area contributed by atoms with Crippen LogP contribution < -0.4 is 4.90 Å². The summed E-state index contributed by atoms with van der Waals surface area (Å²) in [7, 11) is 0. The Hall–Kier alpha value is -1.50. The number of hydrogen-bond donors (Lipinski definition) is 1. The number of piperidine rings is 1. The quantitative estimate of drug-likeness (QED) is 0.899. The molecule has 0 saturated carbocycles. The molecule has 4 rings (SSSR count). The molecular weight excluding hydrogens is 322 g/mol. The minimum absolute atomic E-state index is 0.290. The summed E-state index contributed by atoms with van der Waals surface area (Å²) in [5, 5.41) is 1.19. The lowest BCUT2D eigenvalue weighted by atomic mass is 9.98. The van der Waals surface area contributed by atoms with Gasteiger partial charge in [0.1, 0.15) is 13.1 Å². The molecule has 1 N–H and O–H groups in total. The highest BCUT2D eigenvalue weighted by atomic mass is 32.1. The molecule has 1 amide bonds. The molecule has 2 fully saturated rings. The molecule has 128 valence electrons. The number of carbonyl (C=O) groups is 1. The van der Waals surface area contributed by atoms with E-state index in [1.807, 2.05) is 6.07 Å². The molecule has 2 saturated heterocycles. The maximum atomic E-state index is 12.7. The molecule has 24 heavy (non-hydrogen) atoms. The second-order valence-corrected chi connectivity index (χ2v) is 7.80. The van der Waals surface area contributed by atoms with Crippen LogP contribution in [-0.4, -0.2) is 61.7 Å². The van der Waals surface area contributed by atoms with Crippen molar-refractivity contribution in [2.75, 3.05) is 45.9 Å². The van der Waals surface area contributed by atoms with E-state index < -0.39 is 0 Å². The summed E-state index contributed by atoms with van der Waals surface area (Å²) >= 11 is 1.78. The van der Waals surface area contributed by atoms with Crippen LogP contribution in [0.5, 0.6) is 0 Å². The lowest BCUT2D eigenvalue weighted by molar-refractivity contribution is -0.900. The van der Waals surface area contributed by atoms with Crippen molar-refractivity contribution in [2.24, 2.45) is 0 Å². The highest BCUT2D eigenvalue weighted by molar-refractivity contribution is 7.18. The van der Waals surface area contributed by atoms with Crippen LogP contribution >= 0.6 is 11.3 Å². The maximum Gasteiger partial charge on any atom is 0.277 e. The van der Waals surface area contributed by atoms with Crippen molar-refractivity contribution in [1.82, 2.24) is 9.88 Å². The number of nitrogens with one attached hydrogen (secondary N) is 1. The van der Waals surface area contributed by atoms with Crippen molar-refractivity contribution in [3.8, 4) is 0 Å². The third kappa shape index (κ3) is 3.45. The zero-order valence-corrected chi connectivity index (χ0v) is 14.7. The number of amides is 1. The topological polar surface area (TPSA) is 46.9 Å². The van der Waals surface area contributed by atoms with Gasteiger partial charge in [0.2, 0.25) is 0 Å². The summed E-state index contributed by atoms with van der Waals surface area (Å²) in [4.78, 5) is 20.9. The van der Waals surface area contributed by atoms with Gasteiger partial charge in [0.05, 0.1) is 28.4 Å². The van der Waals surface area contributed by atoms with Gasteiger partial charge in [0.15, 0.2) is 6.54 Å². The first kappa shape index (κ1) is 16.0. The van der Waals surface area contributed by atoms with E-state index >= 15 is 0 Å². The molecule has 1 aromatic heterocycles. The lowest BCUT2D eigenvalue weighted by Gasteiger charge is -2.33. The molecule has 6 heteroatoms. The number of fused-ring (bicyclic) bond motifs is 1. The van der Waals surface area contributed by atoms with E-state index in [9.17, 15) is 4.79 Å². The normalized spacial score (nSPS) is 22.8. The molecule has 2 aliphatic heterocycles. The van der Waals surface area contributed by atoms with Crippen LogP contribution in [0.2, 0.25) is 0 Å². The van der Waals surface area contributed by atoms with Gasteiger partial charge in [-0.05, 0) is 25.0 Å². The Morgan fingerprint density at radius 3 is 3.00 bits per heavy atom. The van der Waals surface area contributed by atoms with Crippen LogP contribution in [-0.2, 0) is 9.53 Å². The van der Waals surface area contributed by atoms with Crippen molar-refractivity contribution in [2.45, 2.75) is 18.8 Å². The van der Waals surface area contributed by atoms with E-state index in [-0.39, 0.29) is 5.91 Å². The minimum atomic E-state index is 0.290. The van der Waals surface area contributed by atoms with E-state index in [1.165, 1.54) is 14.6 Å². The number of rotatable bonds is 3. The van der Waals surface area contributed by atoms with Crippen molar-refractivity contribution in [1.29, 1.82) is 0 Å². The number of nitrogens with zero attached hydrogens (tertiary/aromatic N) is 2. The number of quaternary nitrogens is 1. The van der Waals surface area contributed by atoms with Crippen LogP contribution in [0.4, 0.5) is 0 Å². The van der Waals surface area contributed by atoms with Gasteiger partial charge in [-0.15, -0.1) is 11.3 Å². The summed E-state index contributed by atoms with van der Waals surface area (Å²) in [5.41, 5.74) is 1.08. The SMILES string of the molecule is O=C(C[NH+]1CCOCC1)N1CCC[C@@H](c2nc3ccccc3s2)C1. The second kappa shape index (κ2) is 7.17. The van der Waals surface area contributed by atoms with Gasteiger partial charge in [-0.2, -0.15) is 0 Å². The summed E-state index contributed by atoms with van der Waals surface area (Å²) in [5.74, 6) is 0.678.